The number of nitro benzene ring substituents is 1. The fraction of sp³-hybridized carbons (Fsp3) is 0.167. The Morgan fingerprint density at radius 2 is 1.76 bits per heavy atom. The largest absolute Gasteiger partial charge is 0.493 e. The maximum absolute atomic E-state index is 11.4. The zero-order chi connectivity index (χ0) is 15.6. The van der Waals surface area contributed by atoms with Gasteiger partial charge in [-0.1, -0.05) is 11.3 Å². The molecule has 2 aromatic rings. The summed E-state index contributed by atoms with van der Waals surface area (Å²) < 4.78 is 10.1. The van der Waals surface area contributed by atoms with Crippen molar-refractivity contribution in [1.29, 1.82) is 0 Å². The smallest absolute Gasteiger partial charge is 0.307 e. The van der Waals surface area contributed by atoms with Crippen LogP contribution in [0.1, 0.15) is 0 Å². The van der Waals surface area contributed by atoms with Crippen LogP contribution in [0.4, 0.5) is 5.69 Å². The molecule has 0 atom stereocenters. The van der Waals surface area contributed by atoms with E-state index in [2.05, 4.69) is 4.98 Å². The highest BCUT2D eigenvalue weighted by Gasteiger charge is 2.21. The maximum Gasteiger partial charge on any atom is 0.307 e. The number of aromatic amines is 1. The molecular weight excluding hydrogens is 300 g/mol. The Hall–Kier alpha value is -2.68. The molecule has 0 spiro atoms. The number of hydrogen-bond acceptors (Lipinski definition) is 7. The first-order valence-corrected chi connectivity index (χ1v) is 6.43. The van der Waals surface area contributed by atoms with Crippen LogP contribution in [0.5, 0.6) is 11.5 Å². The number of nitrogens with zero attached hydrogens (tertiary/aromatic N) is 1. The summed E-state index contributed by atoms with van der Waals surface area (Å²) in [5.74, 6) is 0.447. The molecule has 0 aliphatic rings. The van der Waals surface area contributed by atoms with Gasteiger partial charge in [-0.3, -0.25) is 24.7 Å². The van der Waals surface area contributed by atoms with Crippen LogP contribution in [-0.2, 0) is 0 Å². The van der Waals surface area contributed by atoms with Crippen molar-refractivity contribution < 1.29 is 14.4 Å². The van der Waals surface area contributed by atoms with Gasteiger partial charge < -0.3 is 9.47 Å². The quantitative estimate of drug-likeness (QED) is 0.674. The summed E-state index contributed by atoms with van der Waals surface area (Å²) in [5.41, 5.74) is -0.794. The van der Waals surface area contributed by atoms with Gasteiger partial charge in [0, 0.05) is 6.07 Å². The third-order valence-electron chi connectivity index (χ3n) is 2.65. The van der Waals surface area contributed by atoms with Gasteiger partial charge >= 0.3 is 4.87 Å². The summed E-state index contributed by atoms with van der Waals surface area (Å²) in [4.78, 5) is 35.0. The van der Waals surface area contributed by atoms with E-state index >= 15 is 0 Å². The Morgan fingerprint density at radius 1 is 1.14 bits per heavy atom. The molecular formula is C12H10N2O6S. The summed E-state index contributed by atoms with van der Waals surface area (Å²) in [5, 5.41) is 11.2. The zero-order valence-corrected chi connectivity index (χ0v) is 11.9. The first-order valence-electron chi connectivity index (χ1n) is 5.61. The van der Waals surface area contributed by atoms with Crippen LogP contribution in [0, 0.1) is 10.1 Å². The van der Waals surface area contributed by atoms with E-state index in [1.807, 2.05) is 0 Å². The van der Waals surface area contributed by atoms with Gasteiger partial charge in [0.25, 0.3) is 11.2 Å². The maximum atomic E-state index is 11.4. The normalized spacial score (nSPS) is 10.2. The number of rotatable bonds is 4. The molecule has 1 aromatic heterocycles. The van der Waals surface area contributed by atoms with E-state index in [1.54, 1.807) is 0 Å². The molecule has 0 amide bonds. The minimum Gasteiger partial charge on any atom is -0.493 e. The average Bonchev–Trinajstić information content (AvgIpc) is 2.44. The van der Waals surface area contributed by atoms with E-state index in [9.17, 15) is 19.7 Å². The van der Waals surface area contributed by atoms with Crippen LogP contribution >= 0.6 is 11.3 Å². The van der Waals surface area contributed by atoms with Crippen LogP contribution in [0.3, 0.4) is 0 Å². The van der Waals surface area contributed by atoms with Crippen LogP contribution in [0.25, 0.3) is 10.4 Å². The van der Waals surface area contributed by atoms with Crippen LogP contribution < -0.4 is 19.9 Å². The van der Waals surface area contributed by atoms with E-state index in [4.69, 9.17) is 9.47 Å². The van der Waals surface area contributed by atoms with Gasteiger partial charge in [-0.05, 0) is 6.07 Å². The van der Waals surface area contributed by atoms with Gasteiger partial charge in [0.2, 0.25) is 0 Å². The Bertz CT molecular complexity index is 782. The molecule has 1 heterocycles. The van der Waals surface area contributed by atoms with E-state index in [0.29, 0.717) is 11.3 Å². The molecule has 0 aliphatic heterocycles. The lowest BCUT2D eigenvalue weighted by Gasteiger charge is -2.10. The van der Waals surface area contributed by atoms with Crippen LogP contribution in [0.2, 0.25) is 0 Å². The molecule has 0 saturated heterocycles. The molecule has 2 rings (SSSR count). The van der Waals surface area contributed by atoms with Gasteiger partial charge in [0.05, 0.1) is 35.6 Å². The number of hydrogen-bond donors (Lipinski definition) is 1. The summed E-state index contributed by atoms with van der Waals surface area (Å²) in [7, 11) is 2.74. The Morgan fingerprint density at radius 3 is 2.29 bits per heavy atom. The predicted octanol–water partition coefficient (Wildman–Crippen LogP) is 1.39. The monoisotopic (exact) mass is 310 g/mol. The number of H-pyrrole nitrogens is 1. The number of benzene rings is 1. The van der Waals surface area contributed by atoms with Crippen molar-refractivity contribution in [1.82, 2.24) is 4.98 Å². The summed E-state index contributed by atoms with van der Waals surface area (Å²) in [6.45, 7) is 0. The number of ether oxygens (including phenoxy) is 2. The van der Waals surface area contributed by atoms with Crippen molar-refractivity contribution in [2.45, 2.75) is 0 Å². The van der Waals surface area contributed by atoms with Crippen molar-refractivity contribution >= 4 is 17.0 Å². The molecule has 1 N–H and O–H groups in total. The lowest BCUT2D eigenvalue weighted by Crippen LogP contribution is -2.15. The number of nitrogens with one attached hydrogen (secondary N) is 1. The van der Waals surface area contributed by atoms with E-state index < -0.39 is 15.4 Å². The lowest BCUT2D eigenvalue weighted by atomic mass is 10.1. The molecule has 0 radical (unpaired) electrons. The van der Waals surface area contributed by atoms with E-state index in [-0.39, 0.29) is 27.6 Å². The number of nitro groups is 1. The van der Waals surface area contributed by atoms with Gasteiger partial charge in [0.15, 0.2) is 11.5 Å². The first-order chi connectivity index (χ1) is 9.96. The molecule has 0 saturated carbocycles. The second kappa shape index (κ2) is 5.75. The highest BCUT2D eigenvalue weighted by atomic mass is 32.1. The molecule has 0 aliphatic carbocycles. The molecule has 21 heavy (non-hydrogen) atoms. The van der Waals surface area contributed by atoms with Crippen molar-refractivity contribution in [3.8, 4) is 21.9 Å². The first kappa shape index (κ1) is 14.7. The van der Waals surface area contributed by atoms with Crippen LogP contribution in [0.15, 0.2) is 27.8 Å². The topological polar surface area (TPSA) is 112 Å². The Kier molecular flexibility index (Phi) is 4.03. The van der Waals surface area contributed by atoms with Crippen LogP contribution in [-0.4, -0.2) is 24.1 Å². The average molecular weight is 310 g/mol. The van der Waals surface area contributed by atoms with Gasteiger partial charge in [-0.15, -0.1) is 0 Å². The third kappa shape index (κ3) is 2.92. The Labute approximate surface area is 121 Å². The molecule has 0 fully saturated rings. The second-order valence-corrected chi connectivity index (χ2v) is 4.88. The third-order valence-corrected chi connectivity index (χ3v) is 3.50. The molecule has 0 bridgehead atoms. The highest BCUT2D eigenvalue weighted by Crippen LogP contribution is 2.40. The fourth-order valence-electron chi connectivity index (χ4n) is 1.76. The summed E-state index contributed by atoms with van der Waals surface area (Å²) >= 11 is 0.697. The highest BCUT2D eigenvalue weighted by molar-refractivity contribution is 7.12. The van der Waals surface area contributed by atoms with Gasteiger partial charge in [-0.25, -0.2) is 0 Å². The molecule has 0 unspecified atom stereocenters. The van der Waals surface area contributed by atoms with Crippen molar-refractivity contribution in [2.75, 3.05) is 14.2 Å². The van der Waals surface area contributed by atoms with Crippen molar-refractivity contribution in [2.24, 2.45) is 0 Å². The molecule has 9 heteroatoms. The fourth-order valence-corrected chi connectivity index (χ4v) is 2.55. The van der Waals surface area contributed by atoms with E-state index in [1.165, 1.54) is 26.4 Å². The SMILES string of the molecule is COc1cc(-c2cc(=O)[nH]c(=O)s2)c([N+](=O)[O-])cc1OC. The number of methoxy groups -OCH3 is 2. The van der Waals surface area contributed by atoms with Gasteiger partial charge in [0.1, 0.15) is 0 Å². The predicted molar refractivity (Wildman–Crippen MR) is 76.4 cm³/mol. The summed E-state index contributed by atoms with van der Waals surface area (Å²) in [6, 6.07) is 3.68. The summed E-state index contributed by atoms with van der Waals surface area (Å²) in [6.07, 6.45) is 0. The molecule has 8 nitrogen and oxygen atoms in total. The van der Waals surface area contributed by atoms with Crippen molar-refractivity contribution in [3.05, 3.63) is 48.3 Å². The Balaban J connectivity index is 2.79. The van der Waals surface area contributed by atoms with E-state index in [0.717, 1.165) is 6.07 Å². The minimum atomic E-state index is -0.627. The molecule has 1 aromatic carbocycles. The van der Waals surface area contributed by atoms with Crippen molar-refractivity contribution in [3.63, 3.8) is 0 Å². The second-order valence-electron chi connectivity index (χ2n) is 3.87. The minimum absolute atomic E-state index is 0.117. The standard InChI is InChI=1S/C12H10N2O6S/c1-19-8-3-6(7(14(17)18)4-9(8)20-2)10-5-11(15)13-12(16)21-10/h3-5H,1-2H3,(H,13,15,16). The zero-order valence-electron chi connectivity index (χ0n) is 11.0. The lowest BCUT2D eigenvalue weighted by molar-refractivity contribution is -0.384. The number of aromatic nitrogens is 1. The molecule has 110 valence electrons. The van der Waals surface area contributed by atoms with Gasteiger partial charge in [-0.2, -0.15) is 0 Å².